The minimum atomic E-state index is -1.07. The summed E-state index contributed by atoms with van der Waals surface area (Å²) in [6.07, 6.45) is 1.27. The molecule has 0 spiro atoms. The van der Waals surface area contributed by atoms with Gasteiger partial charge in [-0.1, -0.05) is 30.3 Å². The van der Waals surface area contributed by atoms with Crippen molar-refractivity contribution in [3.63, 3.8) is 0 Å². The molecule has 0 aliphatic rings. The number of rotatable bonds is 5. The normalized spacial score (nSPS) is 10.5. The van der Waals surface area contributed by atoms with Crippen LogP contribution in [0.2, 0.25) is 0 Å². The van der Waals surface area contributed by atoms with Crippen LogP contribution >= 0.6 is 11.3 Å². The van der Waals surface area contributed by atoms with Gasteiger partial charge in [-0.15, -0.1) is 11.3 Å². The molecule has 7 nitrogen and oxygen atoms in total. The average molecular weight is 411 g/mol. The largest absolute Gasteiger partial charge is 0.422 e. The van der Waals surface area contributed by atoms with Crippen molar-refractivity contribution in [3.8, 4) is 5.75 Å². The van der Waals surface area contributed by atoms with E-state index in [0.29, 0.717) is 16.2 Å². The highest BCUT2D eigenvalue weighted by Crippen LogP contribution is 2.16. The Kier molecular flexibility index (Phi) is 6.43. The second kappa shape index (κ2) is 9.38. The molecule has 1 aromatic heterocycles. The van der Waals surface area contributed by atoms with Gasteiger partial charge >= 0.3 is 17.8 Å². The Hall–Kier alpha value is -3.85. The first kappa shape index (κ1) is 19.9. The van der Waals surface area contributed by atoms with Gasteiger partial charge in [0.05, 0.1) is 11.9 Å². The van der Waals surface area contributed by atoms with E-state index >= 15 is 0 Å². The van der Waals surface area contributed by atoms with E-state index < -0.39 is 23.6 Å². The van der Waals surface area contributed by atoms with Crippen molar-refractivity contribution in [2.45, 2.75) is 0 Å². The van der Waals surface area contributed by atoms with Crippen LogP contribution in [-0.2, 0) is 9.59 Å². The Bertz CT molecular complexity index is 1070. The maximum Gasteiger partial charge on any atom is 0.353 e. The highest BCUT2D eigenvalue weighted by atomic mass is 32.1. The number of anilines is 1. The van der Waals surface area contributed by atoms with Gasteiger partial charge in [-0.05, 0) is 41.3 Å². The Morgan fingerprint density at radius 3 is 2.59 bits per heavy atom. The standard InChI is InChI=1S/C20H14FN3O4S/c21-15-7-1-2-8-16(15)23-18(25)19(26)24-22-12-13-5-3-6-14(11-13)28-20(27)17-9-4-10-29-17/h1-12H,(H,23,25)(H,24,26)/b22-12+. The van der Waals surface area contributed by atoms with Crippen LogP contribution in [0.25, 0.3) is 0 Å². The number of hydrazone groups is 1. The zero-order chi connectivity index (χ0) is 20.6. The molecule has 0 unspecified atom stereocenters. The summed E-state index contributed by atoms with van der Waals surface area (Å²) >= 11 is 1.27. The Labute approximate surface area is 168 Å². The summed E-state index contributed by atoms with van der Waals surface area (Å²) in [6, 6.07) is 15.3. The molecule has 0 radical (unpaired) electrons. The number of nitrogens with zero attached hydrogens (tertiary/aromatic N) is 1. The number of hydrogen-bond acceptors (Lipinski definition) is 6. The lowest BCUT2D eigenvalue weighted by molar-refractivity contribution is -0.136. The predicted octanol–water partition coefficient (Wildman–Crippen LogP) is 3.20. The van der Waals surface area contributed by atoms with E-state index in [2.05, 4.69) is 10.4 Å². The van der Waals surface area contributed by atoms with Gasteiger partial charge in [-0.25, -0.2) is 14.6 Å². The van der Waals surface area contributed by atoms with Crippen molar-refractivity contribution in [2.75, 3.05) is 5.32 Å². The van der Waals surface area contributed by atoms with Crippen LogP contribution in [0.1, 0.15) is 15.2 Å². The fourth-order valence-electron chi connectivity index (χ4n) is 2.17. The molecular formula is C20H14FN3O4S. The first-order valence-corrected chi connectivity index (χ1v) is 9.15. The van der Waals surface area contributed by atoms with Crippen molar-refractivity contribution in [1.82, 2.24) is 5.43 Å². The molecule has 0 aliphatic carbocycles. The minimum absolute atomic E-state index is 0.114. The van der Waals surface area contributed by atoms with Gasteiger partial charge in [0.15, 0.2) is 0 Å². The molecule has 2 aromatic carbocycles. The van der Waals surface area contributed by atoms with E-state index in [0.717, 1.165) is 6.07 Å². The van der Waals surface area contributed by atoms with Crippen molar-refractivity contribution < 1.29 is 23.5 Å². The van der Waals surface area contributed by atoms with E-state index in [1.54, 1.807) is 41.8 Å². The van der Waals surface area contributed by atoms with Crippen LogP contribution in [0.5, 0.6) is 5.75 Å². The van der Waals surface area contributed by atoms with E-state index in [-0.39, 0.29) is 5.69 Å². The van der Waals surface area contributed by atoms with E-state index in [1.165, 1.54) is 35.8 Å². The molecule has 3 rings (SSSR count). The van der Waals surface area contributed by atoms with Crippen LogP contribution < -0.4 is 15.5 Å². The number of para-hydroxylation sites is 1. The van der Waals surface area contributed by atoms with Crippen molar-refractivity contribution in [3.05, 3.63) is 82.3 Å². The van der Waals surface area contributed by atoms with Gasteiger partial charge in [0.2, 0.25) is 0 Å². The van der Waals surface area contributed by atoms with Gasteiger partial charge in [0, 0.05) is 0 Å². The van der Waals surface area contributed by atoms with Crippen LogP contribution in [0.4, 0.5) is 10.1 Å². The lowest BCUT2D eigenvalue weighted by Crippen LogP contribution is -2.32. The molecule has 0 saturated heterocycles. The number of halogens is 1. The topological polar surface area (TPSA) is 96.9 Å². The summed E-state index contributed by atoms with van der Waals surface area (Å²) in [5, 5.41) is 7.59. The Morgan fingerprint density at radius 2 is 1.83 bits per heavy atom. The molecule has 29 heavy (non-hydrogen) atoms. The predicted molar refractivity (Wildman–Crippen MR) is 106 cm³/mol. The van der Waals surface area contributed by atoms with E-state index in [1.807, 2.05) is 5.43 Å². The first-order valence-electron chi connectivity index (χ1n) is 8.27. The van der Waals surface area contributed by atoms with Crippen LogP contribution in [0.15, 0.2) is 71.1 Å². The third kappa shape index (κ3) is 5.56. The molecule has 0 aliphatic heterocycles. The number of ether oxygens (including phenoxy) is 1. The minimum Gasteiger partial charge on any atom is -0.422 e. The zero-order valence-corrected chi connectivity index (χ0v) is 15.6. The van der Waals surface area contributed by atoms with Crippen molar-refractivity contribution in [2.24, 2.45) is 5.10 Å². The number of carbonyl (C=O) groups excluding carboxylic acids is 3. The van der Waals surface area contributed by atoms with Crippen molar-refractivity contribution >= 4 is 41.0 Å². The maximum absolute atomic E-state index is 13.5. The van der Waals surface area contributed by atoms with Gasteiger partial charge in [0.25, 0.3) is 0 Å². The molecule has 0 bridgehead atoms. The molecule has 0 saturated carbocycles. The second-order valence-corrected chi connectivity index (χ2v) is 6.52. The molecular weight excluding hydrogens is 397 g/mol. The van der Waals surface area contributed by atoms with Crippen LogP contribution in [0, 0.1) is 5.82 Å². The molecule has 1 heterocycles. The first-order chi connectivity index (χ1) is 14.0. The molecule has 0 atom stereocenters. The quantitative estimate of drug-likeness (QED) is 0.222. The third-order valence-corrected chi connectivity index (χ3v) is 4.35. The van der Waals surface area contributed by atoms with Crippen LogP contribution in [-0.4, -0.2) is 24.0 Å². The van der Waals surface area contributed by atoms with Gasteiger partial charge in [-0.3, -0.25) is 9.59 Å². The molecule has 0 fully saturated rings. The van der Waals surface area contributed by atoms with Crippen molar-refractivity contribution in [1.29, 1.82) is 0 Å². The summed E-state index contributed by atoms with van der Waals surface area (Å²) in [6.45, 7) is 0. The summed E-state index contributed by atoms with van der Waals surface area (Å²) in [5.74, 6) is -2.97. The second-order valence-electron chi connectivity index (χ2n) is 5.57. The van der Waals surface area contributed by atoms with Gasteiger partial charge in [0.1, 0.15) is 16.4 Å². The maximum atomic E-state index is 13.5. The van der Waals surface area contributed by atoms with E-state index in [9.17, 15) is 18.8 Å². The number of esters is 1. The Balaban J connectivity index is 1.56. The van der Waals surface area contributed by atoms with Crippen LogP contribution in [0.3, 0.4) is 0 Å². The molecule has 3 aromatic rings. The molecule has 146 valence electrons. The van der Waals surface area contributed by atoms with E-state index in [4.69, 9.17) is 4.74 Å². The third-order valence-electron chi connectivity index (χ3n) is 3.50. The molecule has 2 amide bonds. The molecule has 9 heteroatoms. The summed E-state index contributed by atoms with van der Waals surface area (Å²) in [5.41, 5.74) is 2.45. The zero-order valence-electron chi connectivity index (χ0n) is 14.8. The number of carbonyl (C=O) groups is 3. The highest BCUT2D eigenvalue weighted by Gasteiger charge is 2.14. The lowest BCUT2D eigenvalue weighted by Gasteiger charge is -2.05. The summed E-state index contributed by atoms with van der Waals surface area (Å²) < 4.78 is 18.8. The van der Waals surface area contributed by atoms with Gasteiger partial charge in [-0.2, -0.15) is 5.10 Å². The Morgan fingerprint density at radius 1 is 1.00 bits per heavy atom. The average Bonchev–Trinajstić information content (AvgIpc) is 3.25. The fraction of sp³-hybridized carbons (Fsp3) is 0. The number of hydrogen-bond donors (Lipinski definition) is 2. The summed E-state index contributed by atoms with van der Waals surface area (Å²) in [4.78, 5) is 36.0. The number of amides is 2. The fourth-order valence-corrected chi connectivity index (χ4v) is 2.77. The number of nitrogens with one attached hydrogen (secondary N) is 2. The van der Waals surface area contributed by atoms with Gasteiger partial charge < -0.3 is 10.1 Å². The monoisotopic (exact) mass is 411 g/mol. The number of benzene rings is 2. The number of thiophene rings is 1. The molecule has 2 N–H and O–H groups in total. The smallest absolute Gasteiger partial charge is 0.353 e. The highest BCUT2D eigenvalue weighted by molar-refractivity contribution is 7.12. The lowest BCUT2D eigenvalue weighted by atomic mass is 10.2. The SMILES string of the molecule is O=C(N/N=C/c1cccc(OC(=O)c2cccs2)c1)C(=O)Nc1ccccc1F. The summed E-state index contributed by atoms with van der Waals surface area (Å²) in [7, 11) is 0.